The summed E-state index contributed by atoms with van der Waals surface area (Å²) < 4.78 is 0. The number of hydrogen-bond acceptors (Lipinski definition) is 15. The minimum atomic E-state index is -1.05. The van der Waals surface area contributed by atoms with Crippen molar-refractivity contribution in [3.05, 3.63) is 121 Å². The van der Waals surface area contributed by atoms with Gasteiger partial charge in [-0.05, 0) is 98.4 Å². The van der Waals surface area contributed by atoms with E-state index in [1.54, 1.807) is 69.2 Å². The Morgan fingerprint density at radius 3 is 1.43 bits per heavy atom. The van der Waals surface area contributed by atoms with Gasteiger partial charge in [-0.1, -0.05) is 65.8 Å². The number of carbonyl (C=O) groups excluding carboxylic acids is 8. The summed E-state index contributed by atoms with van der Waals surface area (Å²) in [5, 5.41) is 23.0. The minimum absolute atomic E-state index is 0.00958. The molecule has 79 heavy (non-hydrogen) atoms. The van der Waals surface area contributed by atoms with Gasteiger partial charge in [0.1, 0.15) is 24.4 Å². The maximum atomic E-state index is 14.4. The number of nitrogens with zero attached hydrogens (tertiary/aromatic N) is 6. The summed E-state index contributed by atoms with van der Waals surface area (Å²) in [6.45, 7) is 10.9. The summed E-state index contributed by atoms with van der Waals surface area (Å²) in [4.78, 5) is 127. The van der Waals surface area contributed by atoms with Gasteiger partial charge in [-0.2, -0.15) is 0 Å². The van der Waals surface area contributed by atoms with Crippen molar-refractivity contribution < 1.29 is 38.4 Å². The van der Waals surface area contributed by atoms with Crippen LogP contribution in [0.25, 0.3) is 22.8 Å². The predicted octanol–water partition coefficient (Wildman–Crippen LogP) is 3.07. The Balaban J connectivity index is 0.000000619. The van der Waals surface area contributed by atoms with Gasteiger partial charge in [-0.25, -0.2) is 19.9 Å². The smallest absolute Gasteiger partial charge is 0.251 e. The SMILES string of the molecule is CNCC(=O)NC(C(=O)N1CC(NC(=O)c2ccc(C(=O)NC3CC(C(=O)Nc4ccccc4-c4ncccn4)N(C(=O)C(NC(=O)CNC)C(C)(C)C)C3)cc2)CC1C=O)C(C)(C)C.CNc1ccccc1-c1ncccn1. The fourth-order valence-electron chi connectivity index (χ4n) is 9.25. The summed E-state index contributed by atoms with van der Waals surface area (Å²) >= 11 is 0. The molecule has 3 aromatic carbocycles. The second kappa shape index (κ2) is 27.2. The Labute approximate surface area is 460 Å². The highest BCUT2D eigenvalue weighted by atomic mass is 16.2. The molecule has 2 saturated heterocycles. The van der Waals surface area contributed by atoms with E-state index in [1.165, 1.54) is 34.1 Å². The van der Waals surface area contributed by atoms with Gasteiger partial charge in [0.25, 0.3) is 11.8 Å². The van der Waals surface area contributed by atoms with Crippen LogP contribution in [0.2, 0.25) is 0 Å². The second-order valence-corrected chi connectivity index (χ2v) is 21.4. The number of benzene rings is 3. The van der Waals surface area contributed by atoms with Crippen LogP contribution in [-0.4, -0.2) is 161 Å². The van der Waals surface area contributed by atoms with Crippen molar-refractivity contribution in [2.45, 2.75) is 90.6 Å². The first-order valence-electron chi connectivity index (χ1n) is 26.0. The molecule has 22 heteroatoms. The van der Waals surface area contributed by atoms with Crippen LogP contribution >= 0.6 is 0 Å². The monoisotopic (exact) mass is 1080 g/mol. The van der Waals surface area contributed by atoms with E-state index in [0.717, 1.165) is 17.1 Å². The third kappa shape index (κ3) is 15.8. The van der Waals surface area contributed by atoms with Crippen molar-refractivity contribution >= 4 is 59.0 Å². The number of aromatic nitrogens is 4. The average molecular weight is 1080 g/mol. The lowest BCUT2D eigenvalue weighted by Crippen LogP contribution is -2.58. The number of hydrogen-bond donors (Lipinski definition) is 8. The van der Waals surface area contributed by atoms with Gasteiger partial charge in [-0.3, -0.25) is 33.6 Å². The molecule has 0 bridgehead atoms. The molecule has 6 unspecified atom stereocenters. The summed E-state index contributed by atoms with van der Waals surface area (Å²) in [5.41, 5.74) is 2.07. The lowest BCUT2D eigenvalue weighted by molar-refractivity contribution is -0.142. The first kappa shape index (κ1) is 59.7. The highest BCUT2D eigenvalue weighted by molar-refractivity contribution is 6.02. The van der Waals surface area contributed by atoms with E-state index in [1.807, 2.05) is 78.9 Å². The number of rotatable bonds is 18. The second-order valence-electron chi connectivity index (χ2n) is 21.4. The molecule has 8 N–H and O–H groups in total. The van der Waals surface area contributed by atoms with Crippen molar-refractivity contribution in [2.75, 3.05) is 58.0 Å². The number of likely N-dealkylation sites (N-methyl/N-ethyl adjacent to an activating group) is 2. The summed E-state index contributed by atoms with van der Waals surface area (Å²) in [5.74, 6) is -2.06. The van der Waals surface area contributed by atoms with Gasteiger partial charge in [0.05, 0.1) is 24.8 Å². The maximum Gasteiger partial charge on any atom is 0.251 e. The molecule has 2 aliphatic heterocycles. The number of amides is 7. The third-order valence-electron chi connectivity index (χ3n) is 13.3. The normalized spacial score (nSPS) is 17.7. The van der Waals surface area contributed by atoms with Crippen molar-refractivity contribution in [2.24, 2.45) is 10.8 Å². The van der Waals surface area contributed by atoms with Crippen molar-refractivity contribution in [1.29, 1.82) is 0 Å². The molecule has 418 valence electrons. The number of nitrogens with one attached hydrogen (secondary N) is 8. The molecule has 7 rings (SSSR count). The maximum absolute atomic E-state index is 14.4. The Bertz CT molecular complexity index is 2930. The molecule has 2 fully saturated rings. The van der Waals surface area contributed by atoms with Gasteiger partial charge in [0, 0.05) is 84.9 Å². The molecule has 2 aromatic heterocycles. The van der Waals surface area contributed by atoms with Crippen LogP contribution in [0, 0.1) is 10.8 Å². The lowest BCUT2D eigenvalue weighted by Gasteiger charge is -2.35. The van der Waals surface area contributed by atoms with E-state index in [2.05, 4.69) is 62.5 Å². The molecule has 2 aliphatic rings. The standard InChI is InChI=1S/C46H61N11O8.C11H11N3/c1-45(2,3)37(54-35(59)22-47-7)43(64)56-24-29(20-31(56)26-58)51-40(61)27-14-16-28(17-15-27)41(62)52-30-21-34(57(25-30)44(65)38(46(4,5)6)55-36(60)23-48-8)42(63)53-33-13-10-9-12-32(33)39-49-18-11-19-50-39;1-12-10-6-3-2-5-9(10)11-13-7-4-8-14-11/h9-19,26,29-31,34,37-38,47-48H,20-25H2,1-8H3,(H,51,61)(H,52,62)(H,53,63)(H,54,59)(H,55,60);2-8,12H,1H3. The molecular formula is C57H72N14O8. The zero-order valence-corrected chi connectivity index (χ0v) is 46.1. The first-order valence-corrected chi connectivity index (χ1v) is 26.0. The molecule has 0 spiro atoms. The quantitative estimate of drug-likeness (QED) is 0.0586. The minimum Gasteiger partial charge on any atom is -0.388 e. The zero-order chi connectivity index (χ0) is 57.4. The number of likely N-dealkylation sites (tertiary alicyclic amines) is 2. The van der Waals surface area contributed by atoms with Gasteiger partial charge < -0.3 is 57.1 Å². The van der Waals surface area contributed by atoms with Gasteiger partial charge in [0.2, 0.25) is 29.5 Å². The van der Waals surface area contributed by atoms with Gasteiger partial charge in [0.15, 0.2) is 11.6 Å². The van der Waals surface area contributed by atoms with Crippen LogP contribution in [0.3, 0.4) is 0 Å². The van der Waals surface area contributed by atoms with Crippen LogP contribution in [0.1, 0.15) is 75.1 Å². The lowest BCUT2D eigenvalue weighted by atomic mass is 9.85. The highest BCUT2D eigenvalue weighted by Gasteiger charge is 2.46. The van der Waals surface area contributed by atoms with Crippen LogP contribution in [0.4, 0.5) is 11.4 Å². The number of aldehydes is 1. The Kier molecular flexibility index (Phi) is 20.6. The van der Waals surface area contributed by atoms with E-state index < -0.39 is 82.5 Å². The number of para-hydroxylation sites is 2. The topological polar surface area (TPSA) is 291 Å². The summed E-state index contributed by atoms with van der Waals surface area (Å²) in [7, 11) is 5.12. The number of carbonyl (C=O) groups is 8. The highest BCUT2D eigenvalue weighted by Crippen LogP contribution is 2.31. The number of anilines is 2. The molecule has 5 aromatic rings. The first-order chi connectivity index (χ1) is 37.7. The molecule has 4 heterocycles. The largest absolute Gasteiger partial charge is 0.388 e. The van der Waals surface area contributed by atoms with E-state index in [0.29, 0.717) is 23.4 Å². The van der Waals surface area contributed by atoms with Crippen molar-refractivity contribution in [3.63, 3.8) is 0 Å². The van der Waals surface area contributed by atoms with E-state index in [-0.39, 0.29) is 56.1 Å². The van der Waals surface area contributed by atoms with E-state index in [4.69, 9.17) is 0 Å². The van der Waals surface area contributed by atoms with Crippen LogP contribution in [-0.2, 0) is 28.8 Å². The third-order valence-corrected chi connectivity index (χ3v) is 13.3. The molecule has 0 radical (unpaired) electrons. The Hall–Kier alpha value is -8.50. The zero-order valence-electron chi connectivity index (χ0n) is 46.1. The Morgan fingerprint density at radius 2 is 0.987 bits per heavy atom. The van der Waals surface area contributed by atoms with Crippen LogP contribution < -0.4 is 42.5 Å². The molecule has 6 atom stereocenters. The van der Waals surface area contributed by atoms with E-state index >= 15 is 0 Å². The van der Waals surface area contributed by atoms with Gasteiger partial charge >= 0.3 is 0 Å². The van der Waals surface area contributed by atoms with Crippen LogP contribution in [0.15, 0.2) is 110 Å². The van der Waals surface area contributed by atoms with Crippen LogP contribution in [0.5, 0.6) is 0 Å². The summed E-state index contributed by atoms with van der Waals surface area (Å²) in [6, 6.07) is 19.3. The average Bonchev–Trinajstić information content (AvgIpc) is 4.17. The molecule has 0 aliphatic carbocycles. The molecule has 0 saturated carbocycles. The van der Waals surface area contributed by atoms with E-state index in [9.17, 15) is 38.4 Å². The summed E-state index contributed by atoms with van der Waals surface area (Å²) in [6.07, 6.45) is 7.55. The van der Waals surface area contributed by atoms with Crippen molar-refractivity contribution in [1.82, 2.24) is 61.6 Å². The molecular weight excluding hydrogens is 1010 g/mol. The predicted molar refractivity (Wildman–Crippen MR) is 299 cm³/mol. The van der Waals surface area contributed by atoms with Gasteiger partial charge in [-0.15, -0.1) is 0 Å². The molecule has 22 nitrogen and oxygen atoms in total. The van der Waals surface area contributed by atoms with Crippen molar-refractivity contribution in [3.8, 4) is 22.8 Å². The fourth-order valence-corrected chi connectivity index (χ4v) is 9.25. The fraction of sp³-hybridized carbons (Fsp3) is 0.404. The molecule has 7 amide bonds. The Morgan fingerprint density at radius 1 is 0.570 bits per heavy atom.